The molecule has 0 aliphatic heterocycles. The fraction of sp³-hybridized carbons (Fsp3) is 0.400. The fourth-order valence-corrected chi connectivity index (χ4v) is 1.64. The molecule has 0 bridgehead atoms. The van der Waals surface area contributed by atoms with Crippen molar-refractivity contribution in [1.29, 1.82) is 0 Å². The van der Waals surface area contributed by atoms with Crippen LogP contribution in [-0.4, -0.2) is 10.8 Å². The van der Waals surface area contributed by atoms with E-state index in [0.29, 0.717) is 24.4 Å². The number of nitrogen functional groups attached to an aromatic ring is 1. The molecule has 0 atom stereocenters. The molecule has 74 valence electrons. The molecule has 0 saturated carbocycles. The number of hydrogen-bond donors (Lipinski definition) is 1. The molecule has 3 nitrogen and oxygen atoms in total. The predicted molar refractivity (Wildman–Crippen MR) is 57.9 cm³/mol. The van der Waals surface area contributed by atoms with Crippen molar-refractivity contribution < 1.29 is 4.79 Å². The number of aromatic nitrogens is 1. The minimum Gasteiger partial charge on any atom is -0.375 e. The second-order valence-corrected chi connectivity index (χ2v) is 3.84. The van der Waals surface area contributed by atoms with Crippen LogP contribution < -0.4 is 5.73 Å². The summed E-state index contributed by atoms with van der Waals surface area (Å²) in [7, 11) is 0. The minimum absolute atomic E-state index is 0.172. The molecular weight excluding hydrogens is 196 g/mol. The Morgan fingerprint density at radius 2 is 2.50 bits per heavy atom. The van der Waals surface area contributed by atoms with E-state index in [0.717, 1.165) is 12.1 Å². The third-order valence-electron chi connectivity index (χ3n) is 1.72. The highest BCUT2D eigenvalue weighted by Gasteiger charge is 2.05. The molecule has 1 aromatic rings. The number of nitrogens with two attached hydrogens (primary N) is 1. The van der Waals surface area contributed by atoms with Gasteiger partial charge in [0.25, 0.3) is 0 Å². The maximum absolute atomic E-state index is 11.4. The number of ketones is 1. The number of thiazole rings is 1. The summed E-state index contributed by atoms with van der Waals surface area (Å²) in [6.07, 6.45) is 7.40. The van der Waals surface area contributed by atoms with Crippen molar-refractivity contribution in [2.45, 2.75) is 25.7 Å². The number of terminal acetylenes is 1. The summed E-state index contributed by atoms with van der Waals surface area (Å²) in [5.41, 5.74) is 6.21. The van der Waals surface area contributed by atoms with Crippen LogP contribution >= 0.6 is 11.3 Å². The van der Waals surface area contributed by atoms with Gasteiger partial charge in [-0.2, -0.15) is 0 Å². The molecule has 1 rings (SSSR count). The molecule has 2 N–H and O–H groups in total. The van der Waals surface area contributed by atoms with Crippen LogP contribution in [0.2, 0.25) is 0 Å². The van der Waals surface area contributed by atoms with Gasteiger partial charge >= 0.3 is 0 Å². The van der Waals surface area contributed by atoms with E-state index in [-0.39, 0.29) is 5.78 Å². The normalized spacial score (nSPS) is 9.64. The Morgan fingerprint density at radius 3 is 3.07 bits per heavy atom. The zero-order valence-electron chi connectivity index (χ0n) is 7.82. The van der Waals surface area contributed by atoms with Gasteiger partial charge in [-0.25, -0.2) is 4.98 Å². The van der Waals surface area contributed by atoms with E-state index in [9.17, 15) is 4.79 Å². The molecule has 1 aromatic heterocycles. The van der Waals surface area contributed by atoms with Gasteiger partial charge in [0.05, 0.1) is 5.69 Å². The molecule has 0 radical (unpaired) electrons. The van der Waals surface area contributed by atoms with Crippen molar-refractivity contribution in [3.05, 3.63) is 11.1 Å². The first-order valence-electron chi connectivity index (χ1n) is 4.37. The lowest BCUT2D eigenvalue weighted by Gasteiger charge is -1.95. The lowest BCUT2D eigenvalue weighted by molar-refractivity contribution is -0.118. The molecule has 0 fully saturated rings. The van der Waals surface area contributed by atoms with Crippen molar-refractivity contribution in [2.24, 2.45) is 0 Å². The zero-order valence-corrected chi connectivity index (χ0v) is 8.64. The topological polar surface area (TPSA) is 56.0 Å². The molecule has 0 saturated heterocycles. The van der Waals surface area contributed by atoms with Gasteiger partial charge in [-0.15, -0.1) is 23.7 Å². The van der Waals surface area contributed by atoms with Crippen LogP contribution in [0.15, 0.2) is 5.38 Å². The quantitative estimate of drug-likeness (QED) is 0.591. The lowest BCUT2D eigenvalue weighted by Crippen LogP contribution is -2.02. The summed E-state index contributed by atoms with van der Waals surface area (Å²) in [5, 5.41) is 2.32. The van der Waals surface area contributed by atoms with Crippen LogP contribution in [0.25, 0.3) is 0 Å². The van der Waals surface area contributed by atoms with Crippen molar-refractivity contribution in [3.63, 3.8) is 0 Å². The highest BCUT2D eigenvalue weighted by Crippen LogP contribution is 2.12. The molecule has 0 aliphatic rings. The van der Waals surface area contributed by atoms with Crippen LogP contribution in [0.1, 0.15) is 25.0 Å². The van der Waals surface area contributed by atoms with E-state index in [2.05, 4.69) is 10.9 Å². The van der Waals surface area contributed by atoms with Crippen LogP contribution in [-0.2, 0) is 11.2 Å². The summed E-state index contributed by atoms with van der Waals surface area (Å²) < 4.78 is 0. The predicted octanol–water partition coefficient (Wildman–Crippen LogP) is 1.64. The Morgan fingerprint density at radius 1 is 1.71 bits per heavy atom. The second kappa shape index (κ2) is 5.40. The molecule has 0 amide bonds. The molecule has 1 heterocycles. The number of carbonyl (C=O) groups is 1. The Bertz CT molecular complexity index is 351. The number of nitrogens with zero attached hydrogens (tertiary/aromatic N) is 1. The highest BCUT2D eigenvalue weighted by atomic mass is 32.1. The molecule has 0 aliphatic carbocycles. The number of rotatable bonds is 5. The first-order chi connectivity index (χ1) is 6.72. The van der Waals surface area contributed by atoms with Gasteiger partial charge in [0.2, 0.25) is 0 Å². The largest absolute Gasteiger partial charge is 0.375 e. The summed E-state index contributed by atoms with van der Waals surface area (Å²) in [6.45, 7) is 0. The number of hydrogen-bond acceptors (Lipinski definition) is 4. The van der Waals surface area contributed by atoms with Crippen molar-refractivity contribution in [3.8, 4) is 12.3 Å². The maximum Gasteiger partial charge on any atom is 0.180 e. The summed E-state index contributed by atoms with van der Waals surface area (Å²) in [5.74, 6) is 2.68. The Hall–Kier alpha value is -1.34. The van der Waals surface area contributed by atoms with Gasteiger partial charge in [0.1, 0.15) is 5.78 Å². The Balaban J connectivity index is 2.31. The van der Waals surface area contributed by atoms with Crippen molar-refractivity contribution in [1.82, 2.24) is 4.98 Å². The standard InChI is InChI=1S/C10H12N2OS/c1-2-3-4-5-9(13)6-8-7-14-10(11)12-8/h1,7H,3-6H2,(H2,11,12). The number of anilines is 1. The fourth-order valence-electron chi connectivity index (χ4n) is 1.08. The monoisotopic (exact) mass is 208 g/mol. The zero-order chi connectivity index (χ0) is 10.4. The van der Waals surface area contributed by atoms with Crippen molar-refractivity contribution >= 4 is 22.3 Å². The van der Waals surface area contributed by atoms with Crippen LogP contribution in [0.3, 0.4) is 0 Å². The maximum atomic E-state index is 11.4. The van der Waals surface area contributed by atoms with E-state index in [4.69, 9.17) is 12.2 Å². The van der Waals surface area contributed by atoms with Crippen LogP contribution in [0.4, 0.5) is 5.13 Å². The number of Topliss-reactive ketones (excluding diaryl/α,β-unsaturated/α-hetero) is 1. The van der Waals surface area contributed by atoms with Crippen LogP contribution in [0, 0.1) is 12.3 Å². The first-order valence-corrected chi connectivity index (χ1v) is 5.25. The van der Waals surface area contributed by atoms with Gasteiger partial charge in [-0.1, -0.05) is 0 Å². The molecule has 0 aromatic carbocycles. The highest BCUT2D eigenvalue weighted by molar-refractivity contribution is 7.13. The average molecular weight is 208 g/mol. The minimum atomic E-state index is 0.172. The molecule has 0 unspecified atom stereocenters. The van der Waals surface area contributed by atoms with E-state index in [1.807, 2.05) is 5.38 Å². The summed E-state index contributed by atoms with van der Waals surface area (Å²) >= 11 is 1.36. The third-order valence-corrected chi connectivity index (χ3v) is 2.45. The second-order valence-electron chi connectivity index (χ2n) is 2.95. The van der Waals surface area contributed by atoms with E-state index in [1.54, 1.807) is 0 Å². The SMILES string of the molecule is C#CCCCC(=O)Cc1csc(N)n1. The average Bonchev–Trinajstić information content (AvgIpc) is 2.52. The van der Waals surface area contributed by atoms with Crippen molar-refractivity contribution in [2.75, 3.05) is 5.73 Å². The third kappa shape index (κ3) is 3.58. The van der Waals surface area contributed by atoms with E-state index < -0.39 is 0 Å². The summed E-state index contributed by atoms with van der Waals surface area (Å²) in [4.78, 5) is 15.4. The molecule has 0 spiro atoms. The van der Waals surface area contributed by atoms with E-state index >= 15 is 0 Å². The first kappa shape index (κ1) is 10.7. The number of carbonyl (C=O) groups excluding carboxylic acids is 1. The molecule has 14 heavy (non-hydrogen) atoms. The number of unbranched alkanes of at least 4 members (excludes halogenated alkanes) is 1. The smallest absolute Gasteiger partial charge is 0.180 e. The lowest BCUT2D eigenvalue weighted by atomic mass is 10.1. The van der Waals surface area contributed by atoms with Gasteiger partial charge in [-0.05, 0) is 6.42 Å². The molecular formula is C10H12N2OS. The van der Waals surface area contributed by atoms with E-state index in [1.165, 1.54) is 11.3 Å². The Labute approximate surface area is 87.3 Å². The van der Waals surface area contributed by atoms with Gasteiger partial charge in [-0.3, -0.25) is 4.79 Å². The van der Waals surface area contributed by atoms with Gasteiger partial charge in [0, 0.05) is 24.6 Å². The Kier molecular flexibility index (Phi) is 4.14. The van der Waals surface area contributed by atoms with Crippen LogP contribution in [0.5, 0.6) is 0 Å². The van der Waals surface area contributed by atoms with Gasteiger partial charge < -0.3 is 5.73 Å². The molecule has 4 heteroatoms. The van der Waals surface area contributed by atoms with Gasteiger partial charge in [0.15, 0.2) is 5.13 Å². The summed E-state index contributed by atoms with van der Waals surface area (Å²) in [6, 6.07) is 0.